The third-order valence-electron chi connectivity index (χ3n) is 2.92. The van der Waals surface area contributed by atoms with Crippen molar-refractivity contribution in [2.75, 3.05) is 25.2 Å². The maximum Gasteiger partial charge on any atom is 0.471 e. The molecule has 8 heteroatoms. The summed E-state index contributed by atoms with van der Waals surface area (Å²) < 4.78 is 47.8. The highest BCUT2D eigenvalue weighted by Crippen LogP contribution is 2.26. The standard InChI is InChI=1S/C16H16F3NO4/c1-3-4-11-24-13-7-5-12(6-8-13)20(10-9-14(21)23-2)15(22)16(17,18)19/h1,5-8H,4,9-11H2,2H3. The van der Waals surface area contributed by atoms with Crippen LogP contribution in [0.25, 0.3) is 0 Å². The van der Waals surface area contributed by atoms with Crippen molar-refractivity contribution >= 4 is 17.6 Å². The minimum Gasteiger partial charge on any atom is -0.493 e. The number of benzene rings is 1. The van der Waals surface area contributed by atoms with Crippen LogP contribution in [0.5, 0.6) is 5.75 Å². The predicted octanol–water partition coefficient (Wildman–Crippen LogP) is 2.55. The van der Waals surface area contributed by atoms with Gasteiger partial charge in [0, 0.05) is 18.7 Å². The van der Waals surface area contributed by atoms with E-state index in [4.69, 9.17) is 11.2 Å². The number of anilines is 1. The van der Waals surface area contributed by atoms with Crippen LogP contribution in [-0.4, -0.2) is 38.3 Å². The fourth-order valence-electron chi connectivity index (χ4n) is 1.76. The number of rotatable bonds is 7. The third-order valence-corrected chi connectivity index (χ3v) is 2.92. The lowest BCUT2D eigenvalue weighted by atomic mass is 10.2. The number of alkyl halides is 3. The Labute approximate surface area is 137 Å². The van der Waals surface area contributed by atoms with Crippen LogP contribution in [0.15, 0.2) is 24.3 Å². The van der Waals surface area contributed by atoms with Gasteiger partial charge in [0.05, 0.1) is 20.1 Å². The second kappa shape index (κ2) is 8.82. The largest absolute Gasteiger partial charge is 0.493 e. The molecule has 0 spiro atoms. The van der Waals surface area contributed by atoms with Crippen LogP contribution in [0.4, 0.5) is 18.9 Å². The van der Waals surface area contributed by atoms with E-state index in [1.54, 1.807) is 0 Å². The number of methoxy groups -OCH3 is 1. The Morgan fingerprint density at radius 1 is 1.25 bits per heavy atom. The zero-order valence-electron chi connectivity index (χ0n) is 12.9. The fourth-order valence-corrected chi connectivity index (χ4v) is 1.76. The second-order valence-electron chi connectivity index (χ2n) is 4.58. The summed E-state index contributed by atoms with van der Waals surface area (Å²) in [7, 11) is 1.11. The van der Waals surface area contributed by atoms with Crippen LogP contribution >= 0.6 is 0 Å². The summed E-state index contributed by atoms with van der Waals surface area (Å²) in [6.07, 6.45) is 0.0499. The number of terminal acetylenes is 1. The molecule has 0 radical (unpaired) electrons. The number of halogens is 3. The first-order valence-electron chi connectivity index (χ1n) is 6.91. The number of hydrogen-bond donors (Lipinski definition) is 0. The summed E-state index contributed by atoms with van der Waals surface area (Å²) in [5.74, 6) is 0.00841. The van der Waals surface area contributed by atoms with Gasteiger partial charge in [-0.2, -0.15) is 13.2 Å². The molecule has 1 aromatic rings. The first kappa shape index (κ1) is 19.4. The summed E-state index contributed by atoms with van der Waals surface area (Å²) in [5.41, 5.74) is -0.00877. The summed E-state index contributed by atoms with van der Waals surface area (Å²) in [6.45, 7) is -0.189. The van der Waals surface area contributed by atoms with Gasteiger partial charge in [-0.25, -0.2) is 0 Å². The average Bonchev–Trinajstić information content (AvgIpc) is 2.55. The Morgan fingerprint density at radius 2 is 1.88 bits per heavy atom. The maximum absolute atomic E-state index is 12.7. The van der Waals surface area contributed by atoms with Gasteiger partial charge in [0.1, 0.15) is 5.75 Å². The Morgan fingerprint density at radius 3 is 2.38 bits per heavy atom. The first-order chi connectivity index (χ1) is 11.3. The lowest BCUT2D eigenvalue weighted by Gasteiger charge is -2.23. The lowest BCUT2D eigenvalue weighted by molar-refractivity contribution is -0.170. The van der Waals surface area contributed by atoms with Crippen LogP contribution in [-0.2, 0) is 14.3 Å². The quantitative estimate of drug-likeness (QED) is 0.434. The molecule has 0 aliphatic heterocycles. The first-order valence-corrected chi connectivity index (χ1v) is 6.91. The van der Waals surface area contributed by atoms with Crippen molar-refractivity contribution in [2.24, 2.45) is 0 Å². The van der Waals surface area contributed by atoms with Crippen LogP contribution < -0.4 is 9.64 Å². The topological polar surface area (TPSA) is 55.8 Å². The minimum atomic E-state index is -5.06. The number of esters is 1. The van der Waals surface area contributed by atoms with E-state index in [-0.39, 0.29) is 18.7 Å². The van der Waals surface area contributed by atoms with Gasteiger partial charge in [0.25, 0.3) is 0 Å². The van der Waals surface area contributed by atoms with Gasteiger partial charge in [-0.15, -0.1) is 12.3 Å². The zero-order valence-corrected chi connectivity index (χ0v) is 12.9. The van der Waals surface area contributed by atoms with Gasteiger partial charge >= 0.3 is 18.1 Å². The zero-order chi connectivity index (χ0) is 18.2. The maximum atomic E-state index is 12.7. The molecule has 1 amide bonds. The Hall–Kier alpha value is -2.69. The van der Waals surface area contributed by atoms with E-state index < -0.39 is 24.6 Å². The number of hydrogen-bond acceptors (Lipinski definition) is 4. The van der Waals surface area contributed by atoms with E-state index in [2.05, 4.69) is 10.7 Å². The van der Waals surface area contributed by atoms with Gasteiger partial charge in [-0.05, 0) is 24.3 Å². The molecule has 0 N–H and O–H groups in total. The van der Waals surface area contributed by atoms with E-state index in [1.165, 1.54) is 24.3 Å². The number of carbonyl (C=O) groups excluding carboxylic acids is 2. The molecule has 130 valence electrons. The molecule has 0 saturated carbocycles. The highest BCUT2D eigenvalue weighted by atomic mass is 19.4. The van der Waals surface area contributed by atoms with E-state index in [0.29, 0.717) is 17.1 Å². The smallest absolute Gasteiger partial charge is 0.471 e. The molecule has 0 atom stereocenters. The van der Waals surface area contributed by atoms with Gasteiger partial charge < -0.3 is 14.4 Å². The van der Waals surface area contributed by atoms with Crippen LogP contribution in [0.1, 0.15) is 12.8 Å². The summed E-state index contributed by atoms with van der Waals surface area (Å²) >= 11 is 0. The van der Waals surface area contributed by atoms with E-state index >= 15 is 0 Å². The van der Waals surface area contributed by atoms with Crippen molar-refractivity contribution in [2.45, 2.75) is 19.0 Å². The second-order valence-corrected chi connectivity index (χ2v) is 4.58. The van der Waals surface area contributed by atoms with Crippen molar-refractivity contribution in [1.82, 2.24) is 0 Å². The van der Waals surface area contributed by atoms with E-state index in [0.717, 1.165) is 7.11 Å². The van der Waals surface area contributed by atoms with Crippen molar-refractivity contribution in [3.8, 4) is 18.1 Å². The van der Waals surface area contributed by atoms with E-state index in [1.807, 2.05) is 0 Å². The molecule has 0 heterocycles. The summed E-state index contributed by atoms with van der Waals surface area (Å²) in [4.78, 5) is 23.2. The normalized spacial score (nSPS) is 10.6. The van der Waals surface area contributed by atoms with Gasteiger partial charge in [0.15, 0.2) is 0 Å². The van der Waals surface area contributed by atoms with Crippen molar-refractivity contribution in [3.63, 3.8) is 0 Å². The highest BCUT2D eigenvalue weighted by Gasteiger charge is 2.43. The molecule has 0 aliphatic carbocycles. The Bertz CT molecular complexity index is 605. The summed E-state index contributed by atoms with van der Waals surface area (Å²) in [5, 5.41) is 0. The molecule has 0 unspecified atom stereocenters. The van der Waals surface area contributed by atoms with Crippen molar-refractivity contribution < 1.29 is 32.2 Å². The molecule has 0 saturated heterocycles. The highest BCUT2D eigenvalue weighted by molar-refractivity contribution is 5.97. The molecule has 0 bridgehead atoms. The lowest BCUT2D eigenvalue weighted by Crippen LogP contribution is -2.42. The number of amides is 1. The molecule has 1 rings (SSSR count). The Balaban J connectivity index is 2.91. The number of ether oxygens (including phenoxy) is 2. The predicted molar refractivity (Wildman–Crippen MR) is 80.4 cm³/mol. The molecule has 0 aromatic heterocycles. The molecule has 0 fully saturated rings. The van der Waals surface area contributed by atoms with Crippen molar-refractivity contribution in [3.05, 3.63) is 24.3 Å². The molecular formula is C16H16F3NO4. The van der Waals surface area contributed by atoms with Gasteiger partial charge in [-0.1, -0.05) is 0 Å². The molecule has 0 aliphatic rings. The average molecular weight is 343 g/mol. The van der Waals surface area contributed by atoms with Crippen LogP contribution in [0, 0.1) is 12.3 Å². The molecule has 1 aromatic carbocycles. The van der Waals surface area contributed by atoms with Gasteiger partial charge in [0.2, 0.25) is 0 Å². The SMILES string of the molecule is C#CCCOc1ccc(N(CCC(=O)OC)C(=O)C(F)(F)F)cc1. The third kappa shape index (κ3) is 5.83. The molecule has 5 nitrogen and oxygen atoms in total. The molecule has 24 heavy (non-hydrogen) atoms. The van der Waals surface area contributed by atoms with E-state index in [9.17, 15) is 22.8 Å². The molecular weight excluding hydrogens is 327 g/mol. The van der Waals surface area contributed by atoms with Crippen molar-refractivity contribution in [1.29, 1.82) is 0 Å². The van der Waals surface area contributed by atoms with Crippen LogP contribution in [0.3, 0.4) is 0 Å². The fraction of sp³-hybridized carbons (Fsp3) is 0.375. The Kier molecular flexibility index (Phi) is 7.11. The minimum absolute atomic E-state index is 0.00877. The monoisotopic (exact) mass is 343 g/mol. The summed E-state index contributed by atoms with van der Waals surface area (Å²) in [6, 6.07) is 5.43. The van der Waals surface area contributed by atoms with Gasteiger partial charge in [-0.3, -0.25) is 9.59 Å². The number of nitrogens with zero attached hydrogens (tertiary/aromatic N) is 1. The number of carbonyl (C=O) groups is 2. The van der Waals surface area contributed by atoms with Crippen LogP contribution in [0.2, 0.25) is 0 Å².